The second-order valence-electron chi connectivity index (χ2n) is 7.36. The first kappa shape index (κ1) is 22.0. The lowest BCUT2D eigenvalue weighted by atomic mass is 10.1. The summed E-state index contributed by atoms with van der Waals surface area (Å²) in [6, 6.07) is 15.1. The van der Waals surface area contributed by atoms with Gasteiger partial charge >= 0.3 is 0 Å². The zero-order valence-electron chi connectivity index (χ0n) is 17.7. The van der Waals surface area contributed by atoms with Crippen molar-refractivity contribution in [3.05, 3.63) is 54.1 Å². The Morgan fingerprint density at radius 2 is 1.60 bits per heavy atom. The van der Waals surface area contributed by atoms with Gasteiger partial charge < -0.3 is 14.5 Å². The summed E-state index contributed by atoms with van der Waals surface area (Å²) < 4.78 is 31.0. The summed E-state index contributed by atoms with van der Waals surface area (Å²) in [5.41, 5.74) is 2.71. The maximum absolute atomic E-state index is 12.9. The van der Waals surface area contributed by atoms with Crippen LogP contribution in [-0.2, 0) is 21.2 Å². The summed E-state index contributed by atoms with van der Waals surface area (Å²) in [4.78, 5) is 16.8. The zero-order valence-corrected chi connectivity index (χ0v) is 18.6. The lowest BCUT2D eigenvalue weighted by Gasteiger charge is -2.37. The number of amides is 1. The molecule has 7 nitrogen and oxygen atoms in total. The van der Waals surface area contributed by atoms with Gasteiger partial charge in [-0.2, -0.15) is 0 Å². The maximum Gasteiger partial charge on any atom is 0.243 e. The fraction of sp³-hybridized carbons (Fsp3) is 0.409. The highest BCUT2D eigenvalue weighted by molar-refractivity contribution is 7.92. The predicted octanol–water partition coefficient (Wildman–Crippen LogP) is 2.37. The first-order valence-corrected chi connectivity index (χ1v) is 11.9. The van der Waals surface area contributed by atoms with Gasteiger partial charge in [0.15, 0.2) is 0 Å². The lowest BCUT2D eigenvalue weighted by Crippen LogP contribution is -2.52. The molecule has 0 bridgehead atoms. The van der Waals surface area contributed by atoms with Crippen LogP contribution < -0.4 is 13.9 Å². The number of piperazine rings is 1. The van der Waals surface area contributed by atoms with Gasteiger partial charge in [0.05, 0.1) is 19.1 Å². The van der Waals surface area contributed by atoms with Crippen LogP contribution in [0.25, 0.3) is 0 Å². The molecule has 2 aromatic carbocycles. The molecule has 0 atom stereocenters. The monoisotopic (exact) mass is 431 g/mol. The summed E-state index contributed by atoms with van der Waals surface area (Å²) in [6.45, 7) is 4.35. The summed E-state index contributed by atoms with van der Waals surface area (Å²) in [5, 5.41) is 0. The maximum atomic E-state index is 12.9. The van der Waals surface area contributed by atoms with Gasteiger partial charge in [-0.3, -0.25) is 9.10 Å². The number of hydrogen-bond acceptors (Lipinski definition) is 5. The Labute approximate surface area is 178 Å². The Morgan fingerprint density at radius 3 is 2.10 bits per heavy atom. The van der Waals surface area contributed by atoms with E-state index in [4.69, 9.17) is 4.74 Å². The van der Waals surface area contributed by atoms with Gasteiger partial charge in [-0.25, -0.2) is 8.42 Å². The number of benzene rings is 2. The third-order valence-electron chi connectivity index (χ3n) is 5.38. The third-order valence-corrected chi connectivity index (χ3v) is 6.52. The first-order valence-electron chi connectivity index (χ1n) is 10.0. The molecule has 1 amide bonds. The second-order valence-corrected chi connectivity index (χ2v) is 9.26. The van der Waals surface area contributed by atoms with Gasteiger partial charge in [0.2, 0.25) is 15.9 Å². The van der Waals surface area contributed by atoms with Crippen LogP contribution in [0.2, 0.25) is 0 Å². The molecule has 1 saturated heterocycles. The molecule has 3 rings (SSSR count). The first-order chi connectivity index (χ1) is 14.3. The van der Waals surface area contributed by atoms with Crippen LogP contribution in [-0.4, -0.2) is 65.3 Å². The van der Waals surface area contributed by atoms with Crippen molar-refractivity contribution in [2.45, 2.75) is 13.3 Å². The molecule has 8 heteroatoms. The van der Waals surface area contributed by atoms with Crippen molar-refractivity contribution >= 4 is 27.3 Å². The number of hydrogen-bond donors (Lipinski definition) is 0. The van der Waals surface area contributed by atoms with Gasteiger partial charge in [0, 0.05) is 31.9 Å². The molecule has 0 radical (unpaired) electrons. The third kappa shape index (κ3) is 5.24. The smallest absolute Gasteiger partial charge is 0.243 e. The highest BCUT2D eigenvalue weighted by Gasteiger charge is 2.26. The number of ether oxygens (including phenoxy) is 1. The molecule has 0 spiro atoms. The van der Waals surface area contributed by atoms with Gasteiger partial charge in [0.25, 0.3) is 0 Å². The van der Waals surface area contributed by atoms with Crippen molar-refractivity contribution in [1.82, 2.24) is 4.90 Å². The highest BCUT2D eigenvalue weighted by atomic mass is 32.2. The standard InChI is InChI=1S/C22H29N3O4S/c1-4-18-5-7-20(8-6-18)25(30(3,27)28)17-22(26)24-15-13-23(14-16-24)19-9-11-21(29-2)12-10-19/h5-12H,4,13-17H2,1-3H3. The molecule has 1 heterocycles. The number of methoxy groups -OCH3 is 1. The average molecular weight is 432 g/mol. The fourth-order valence-electron chi connectivity index (χ4n) is 3.53. The molecule has 0 aromatic heterocycles. The molecule has 0 unspecified atom stereocenters. The van der Waals surface area contributed by atoms with E-state index in [-0.39, 0.29) is 12.5 Å². The second kappa shape index (κ2) is 9.38. The normalized spacial score (nSPS) is 14.5. The predicted molar refractivity (Wildman–Crippen MR) is 120 cm³/mol. The molecule has 30 heavy (non-hydrogen) atoms. The Morgan fingerprint density at radius 1 is 1.00 bits per heavy atom. The van der Waals surface area contributed by atoms with Crippen molar-refractivity contribution < 1.29 is 17.9 Å². The van der Waals surface area contributed by atoms with Crippen molar-refractivity contribution in [2.75, 3.05) is 55.3 Å². The van der Waals surface area contributed by atoms with E-state index in [0.717, 1.165) is 29.7 Å². The fourth-order valence-corrected chi connectivity index (χ4v) is 4.38. The van der Waals surface area contributed by atoms with E-state index in [0.29, 0.717) is 31.9 Å². The minimum Gasteiger partial charge on any atom is -0.497 e. The van der Waals surface area contributed by atoms with Crippen molar-refractivity contribution in [3.8, 4) is 5.75 Å². The van der Waals surface area contributed by atoms with Crippen LogP contribution in [0.3, 0.4) is 0 Å². The summed E-state index contributed by atoms with van der Waals surface area (Å²) >= 11 is 0. The number of anilines is 2. The zero-order chi connectivity index (χ0) is 21.7. The molecule has 0 aliphatic carbocycles. The van der Waals surface area contributed by atoms with Gasteiger partial charge in [-0.1, -0.05) is 19.1 Å². The van der Waals surface area contributed by atoms with Crippen LogP contribution in [0.4, 0.5) is 11.4 Å². The van der Waals surface area contributed by atoms with E-state index in [1.165, 1.54) is 4.31 Å². The Bertz CT molecular complexity index is 951. The summed E-state index contributed by atoms with van der Waals surface area (Å²) in [6.07, 6.45) is 2.01. The minimum absolute atomic E-state index is 0.186. The molecule has 162 valence electrons. The van der Waals surface area contributed by atoms with Crippen molar-refractivity contribution in [1.29, 1.82) is 0 Å². The number of nitrogens with zero attached hydrogens (tertiary/aromatic N) is 3. The Hall–Kier alpha value is -2.74. The van der Waals surface area contributed by atoms with Crippen LogP contribution >= 0.6 is 0 Å². The average Bonchev–Trinajstić information content (AvgIpc) is 2.77. The topological polar surface area (TPSA) is 70.2 Å². The number of carbonyl (C=O) groups is 1. The number of aryl methyl sites for hydroxylation is 1. The SMILES string of the molecule is CCc1ccc(N(CC(=O)N2CCN(c3ccc(OC)cc3)CC2)S(C)(=O)=O)cc1. The van der Waals surface area contributed by atoms with E-state index in [2.05, 4.69) is 4.90 Å². The van der Waals surface area contributed by atoms with E-state index >= 15 is 0 Å². The summed E-state index contributed by atoms with van der Waals surface area (Å²) in [7, 11) is -1.93. The van der Waals surface area contributed by atoms with Crippen LogP contribution in [0.1, 0.15) is 12.5 Å². The number of sulfonamides is 1. The number of rotatable bonds is 7. The largest absolute Gasteiger partial charge is 0.497 e. The van der Waals surface area contributed by atoms with E-state index in [1.54, 1.807) is 24.1 Å². The van der Waals surface area contributed by atoms with Crippen molar-refractivity contribution in [2.24, 2.45) is 0 Å². The molecular weight excluding hydrogens is 402 g/mol. The molecular formula is C22H29N3O4S. The van der Waals surface area contributed by atoms with E-state index < -0.39 is 10.0 Å². The van der Waals surface area contributed by atoms with Crippen LogP contribution in [0, 0.1) is 0 Å². The van der Waals surface area contributed by atoms with E-state index in [1.807, 2.05) is 43.3 Å². The van der Waals surface area contributed by atoms with Crippen molar-refractivity contribution in [3.63, 3.8) is 0 Å². The van der Waals surface area contributed by atoms with Crippen LogP contribution in [0.5, 0.6) is 5.75 Å². The highest BCUT2D eigenvalue weighted by Crippen LogP contribution is 2.22. The molecule has 1 aliphatic heterocycles. The Kier molecular flexibility index (Phi) is 6.87. The minimum atomic E-state index is -3.57. The molecule has 1 fully saturated rings. The lowest BCUT2D eigenvalue weighted by molar-refractivity contribution is -0.129. The summed E-state index contributed by atoms with van der Waals surface area (Å²) in [5.74, 6) is 0.620. The molecule has 0 N–H and O–H groups in total. The molecule has 2 aromatic rings. The number of carbonyl (C=O) groups excluding carboxylic acids is 1. The van der Waals surface area contributed by atoms with Gasteiger partial charge in [0.1, 0.15) is 12.3 Å². The van der Waals surface area contributed by atoms with E-state index in [9.17, 15) is 13.2 Å². The molecule has 0 saturated carbocycles. The Balaban J connectivity index is 1.63. The van der Waals surface area contributed by atoms with Gasteiger partial charge in [-0.15, -0.1) is 0 Å². The molecule has 1 aliphatic rings. The van der Waals surface area contributed by atoms with Gasteiger partial charge in [-0.05, 0) is 48.4 Å². The quantitative estimate of drug-likeness (QED) is 0.673. The van der Waals surface area contributed by atoms with Crippen LogP contribution in [0.15, 0.2) is 48.5 Å².